The SMILES string of the molecule is COC1CCN(CCOc2ccc(B(O)O)cc2)C1. The molecule has 1 unspecified atom stereocenters. The zero-order chi connectivity index (χ0) is 13.7. The third kappa shape index (κ3) is 4.21. The molecule has 0 aromatic heterocycles. The molecule has 0 saturated carbocycles. The summed E-state index contributed by atoms with van der Waals surface area (Å²) in [6.07, 6.45) is 1.44. The number of nitrogens with zero attached hydrogens (tertiary/aromatic N) is 1. The van der Waals surface area contributed by atoms with Gasteiger partial charge >= 0.3 is 7.12 Å². The first-order valence-electron chi connectivity index (χ1n) is 6.53. The molecule has 0 radical (unpaired) electrons. The lowest BCUT2D eigenvalue weighted by molar-refractivity contribution is 0.106. The van der Waals surface area contributed by atoms with Gasteiger partial charge in [-0.25, -0.2) is 0 Å². The van der Waals surface area contributed by atoms with Crippen LogP contribution in [-0.4, -0.2) is 61.5 Å². The second-order valence-corrected chi connectivity index (χ2v) is 4.74. The third-order valence-electron chi connectivity index (χ3n) is 3.42. The minimum Gasteiger partial charge on any atom is -0.492 e. The fourth-order valence-corrected chi connectivity index (χ4v) is 2.22. The Morgan fingerprint density at radius 1 is 1.32 bits per heavy atom. The molecule has 1 fully saturated rings. The van der Waals surface area contributed by atoms with Gasteiger partial charge in [0, 0.05) is 26.7 Å². The molecule has 5 nitrogen and oxygen atoms in total. The van der Waals surface area contributed by atoms with E-state index in [0.29, 0.717) is 18.2 Å². The van der Waals surface area contributed by atoms with Crippen LogP contribution in [0.4, 0.5) is 0 Å². The van der Waals surface area contributed by atoms with Gasteiger partial charge < -0.3 is 19.5 Å². The molecule has 2 rings (SSSR count). The van der Waals surface area contributed by atoms with Gasteiger partial charge in [-0.2, -0.15) is 0 Å². The van der Waals surface area contributed by atoms with E-state index >= 15 is 0 Å². The number of rotatable bonds is 6. The average Bonchev–Trinajstić information content (AvgIpc) is 2.87. The van der Waals surface area contributed by atoms with Gasteiger partial charge in [0.15, 0.2) is 0 Å². The second-order valence-electron chi connectivity index (χ2n) is 4.74. The zero-order valence-electron chi connectivity index (χ0n) is 11.2. The van der Waals surface area contributed by atoms with Gasteiger partial charge in [-0.3, -0.25) is 4.90 Å². The van der Waals surface area contributed by atoms with Gasteiger partial charge in [-0.05, 0) is 24.0 Å². The standard InChI is InChI=1S/C13H20BNO4/c1-18-13-6-7-15(10-13)8-9-19-12-4-2-11(3-5-12)14(16)17/h2-5,13,16-17H,6-10H2,1H3. The topological polar surface area (TPSA) is 62.2 Å². The van der Waals surface area contributed by atoms with E-state index in [2.05, 4.69) is 4.90 Å². The number of methoxy groups -OCH3 is 1. The molecule has 1 saturated heterocycles. The quantitative estimate of drug-likeness (QED) is 0.677. The predicted octanol–water partition coefficient (Wildman–Crippen LogP) is -0.534. The Morgan fingerprint density at radius 2 is 2.05 bits per heavy atom. The van der Waals surface area contributed by atoms with Crippen molar-refractivity contribution in [2.45, 2.75) is 12.5 Å². The first-order chi connectivity index (χ1) is 9.19. The molecule has 0 bridgehead atoms. The fourth-order valence-electron chi connectivity index (χ4n) is 2.22. The summed E-state index contributed by atoms with van der Waals surface area (Å²) in [4.78, 5) is 2.32. The van der Waals surface area contributed by atoms with Gasteiger partial charge in [0.25, 0.3) is 0 Å². The first kappa shape index (κ1) is 14.3. The smallest absolute Gasteiger partial charge is 0.488 e. The van der Waals surface area contributed by atoms with Crippen LogP contribution in [0.2, 0.25) is 0 Å². The van der Waals surface area contributed by atoms with Crippen LogP contribution in [0, 0.1) is 0 Å². The fraction of sp³-hybridized carbons (Fsp3) is 0.538. The van der Waals surface area contributed by atoms with E-state index in [4.69, 9.17) is 19.5 Å². The van der Waals surface area contributed by atoms with Crippen LogP contribution in [0.25, 0.3) is 0 Å². The number of likely N-dealkylation sites (tertiary alicyclic amines) is 1. The lowest BCUT2D eigenvalue weighted by Crippen LogP contribution is -2.29. The van der Waals surface area contributed by atoms with Crippen LogP contribution in [0.3, 0.4) is 0 Å². The highest BCUT2D eigenvalue weighted by molar-refractivity contribution is 6.58. The van der Waals surface area contributed by atoms with Crippen LogP contribution in [0.1, 0.15) is 6.42 Å². The number of hydrogen-bond acceptors (Lipinski definition) is 5. The van der Waals surface area contributed by atoms with Gasteiger partial charge in [0.05, 0.1) is 6.10 Å². The van der Waals surface area contributed by atoms with Crippen molar-refractivity contribution in [2.75, 3.05) is 33.4 Å². The van der Waals surface area contributed by atoms with Crippen molar-refractivity contribution in [1.29, 1.82) is 0 Å². The van der Waals surface area contributed by atoms with Crippen molar-refractivity contribution in [3.05, 3.63) is 24.3 Å². The van der Waals surface area contributed by atoms with E-state index in [-0.39, 0.29) is 0 Å². The number of ether oxygens (including phenoxy) is 2. The predicted molar refractivity (Wildman–Crippen MR) is 73.6 cm³/mol. The summed E-state index contributed by atoms with van der Waals surface area (Å²) in [6.45, 7) is 3.52. The molecule has 0 spiro atoms. The van der Waals surface area contributed by atoms with Crippen molar-refractivity contribution in [2.24, 2.45) is 0 Å². The van der Waals surface area contributed by atoms with Crippen molar-refractivity contribution < 1.29 is 19.5 Å². The Balaban J connectivity index is 1.71. The van der Waals surface area contributed by atoms with E-state index in [1.165, 1.54) is 0 Å². The Kier molecular flexibility index (Phi) is 5.21. The summed E-state index contributed by atoms with van der Waals surface area (Å²) >= 11 is 0. The van der Waals surface area contributed by atoms with Crippen LogP contribution < -0.4 is 10.2 Å². The maximum absolute atomic E-state index is 8.98. The van der Waals surface area contributed by atoms with E-state index < -0.39 is 7.12 Å². The highest BCUT2D eigenvalue weighted by Gasteiger charge is 2.21. The summed E-state index contributed by atoms with van der Waals surface area (Å²) < 4.78 is 10.9. The van der Waals surface area contributed by atoms with Gasteiger partial charge in [-0.15, -0.1) is 0 Å². The highest BCUT2D eigenvalue weighted by atomic mass is 16.5. The van der Waals surface area contributed by atoms with Gasteiger partial charge in [0.2, 0.25) is 0 Å². The Hall–Kier alpha value is -1.08. The van der Waals surface area contributed by atoms with E-state index in [0.717, 1.165) is 31.8 Å². The number of benzene rings is 1. The summed E-state index contributed by atoms with van der Waals surface area (Å²) in [7, 11) is 0.326. The molecule has 19 heavy (non-hydrogen) atoms. The van der Waals surface area contributed by atoms with E-state index in [1.54, 1.807) is 31.4 Å². The normalized spacial score (nSPS) is 19.6. The molecule has 1 aliphatic rings. The Bertz CT molecular complexity index is 385. The highest BCUT2D eigenvalue weighted by Crippen LogP contribution is 2.12. The summed E-state index contributed by atoms with van der Waals surface area (Å²) in [5, 5.41) is 18.0. The maximum Gasteiger partial charge on any atom is 0.488 e. The van der Waals surface area contributed by atoms with E-state index in [1.807, 2.05) is 0 Å². The van der Waals surface area contributed by atoms with Crippen LogP contribution in [0.15, 0.2) is 24.3 Å². The molecule has 1 atom stereocenters. The lowest BCUT2D eigenvalue weighted by Gasteiger charge is -2.16. The minimum absolute atomic E-state index is 0.352. The Morgan fingerprint density at radius 3 is 2.63 bits per heavy atom. The zero-order valence-corrected chi connectivity index (χ0v) is 11.2. The lowest BCUT2D eigenvalue weighted by atomic mass is 9.80. The van der Waals surface area contributed by atoms with Crippen molar-refractivity contribution >= 4 is 12.6 Å². The van der Waals surface area contributed by atoms with E-state index in [9.17, 15) is 0 Å². The van der Waals surface area contributed by atoms with Crippen molar-refractivity contribution in [3.8, 4) is 5.75 Å². The molecule has 2 N–H and O–H groups in total. The monoisotopic (exact) mass is 265 g/mol. The average molecular weight is 265 g/mol. The first-order valence-corrected chi connectivity index (χ1v) is 6.53. The maximum atomic E-state index is 8.98. The van der Waals surface area contributed by atoms with Crippen LogP contribution >= 0.6 is 0 Å². The van der Waals surface area contributed by atoms with Crippen LogP contribution in [0.5, 0.6) is 5.75 Å². The molecule has 1 heterocycles. The second kappa shape index (κ2) is 6.91. The largest absolute Gasteiger partial charge is 0.492 e. The number of hydrogen-bond donors (Lipinski definition) is 2. The molecule has 1 aromatic carbocycles. The third-order valence-corrected chi connectivity index (χ3v) is 3.42. The molecule has 1 aromatic rings. The molecule has 0 amide bonds. The summed E-state index contributed by atoms with van der Waals surface area (Å²) in [6, 6.07) is 6.79. The summed E-state index contributed by atoms with van der Waals surface area (Å²) in [5.41, 5.74) is 0.467. The van der Waals surface area contributed by atoms with Crippen molar-refractivity contribution in [1.82, 2.24) is 4.90 Å². The van der Waals surface area contributed by atoms with Gasteiger partial charge in [0.1, 0.15) is 12.4 Å². The molecule has 104 valence electrons. The molecular weight excluding hydrogens is 245 g/mol. The molecular formula is C13H20BNO4. The Labute approximate surface area is 113 Å². The minimum atomic E-state index is -1.43. The van der Waals surface area contributed by atoms with Gasteiger partial charge in [-0.1, -0.05) is 12.1 Å². The molecule has 6 heteroatoms. The molecule has 0 aliphatic carbocycles. The summed E-state index contributed by atoms with van der Waals surface area (Å²) in [5.74, 6) is 0.742. The van der Waals surface area contributed by atoms with Crippen molar-refractivity contribution in [3.63, 3.8) is 0 Å². The van der Waals surface area contributed by atoms with Crippen LogP contribution in [-0.2, 0) is 4.74 Å². The molecule has 1 aliphatic heterocycles.